The number of likely N-dealkylation sites (tertiary alicyclic amines) is 1. The molecule has 2 aliphatic heterocycles. The first-order valence-corrected chi connectivity index (χ1v) is 7.19. The number of carbonyl (C=O) groups excluding carboxylic acids is 1. The molecule has 1 aromatic carbocycles. The van der Waals surface area contributed by atoms with Crippen LogP contribution in [0.1, 0.15) is 12.0 Å². The number of amidine groups is 1. The molecule has 0 spiro atoms. The predicted molar refractivity (Wildman–Crippen MR) is 78.3 cm³/mol. The maximum absolute atomic E-state index is 11.9. The van der Waals surface area contributed by atoms with Crippen molar-refractivity contribution < 1.29 is 15.0 Å². The first-order valence-electron chi connectivity index (χ1n) is 6.37. The number of hydrogen-bond acceptors (Lipinski definition) is 5. The van der Waals surface area contributed by atoms with Crippen molar-refractivity contribution in [2.75, 3.05) is 13.1 Å². The Kier molecular flexibility index (Phi) is 3.50. The lowest BCUT2D eigenvalue weighted by Gasteiger charge is -2.15. The van der Waals surface area contributed by atoms with Crippen molar-refractivity contribution in [3.63, 3.8) is 0 Å². The van der Waals surface area contributed by atoms with Gasteiger partial charge >= 0.3 is 0 Å². The predicted octanol–water partition coefficient (Wildman–Crippen LogP) is 1.43. The lowest BCUT2D eigenvalue weighted by atomic mass is 10.2. The molecule has 0 radical (unpaired) electrons. The van der Waals surface area contributed by atoms with Crippen molar-refractivity contribution in [2.45, 2.75) is 12.5 Å². The summed E-state index contributed by atoms with van der Waals surface area (Å²) in [6, 6.07) is 6.85. The smallest absolute Gasteiger partial charge is 0.286 e. The quantitative estimate of drug-likeness (QED) is 0.765. The van der Waals surface area contributed by atoms with Crippen LogP contribution >= 0.6 is 11.8 Å². The molecule has 1 amide bonds. The zero-order chi connectivity index (χ0) is 14.1. The fourth-order valence-corrected chi connectivity index (χ4v) is 3.14. The number of phenols is 1. The van der Waals surface area contributed by atoms with Crippen LogP contribution in [-0.2, 0) is 4.79 Å². The van der Waals surface area contributed by atoms with Crippen LogP contribution in [-0.4, -0.2) is 45.4 Å². The molecule has 104 valence electrons. The molecule has 2 heterocycles. The van der Waals surface area contributed by atoms with Gasteiger partial charge in [-0.1, -0.05) is 18.2 Å². The van der Waals surface area contributed by atoms with E-state index in [2.05, 4.69) is 4.99 Å². The van der Waals surface area contributed by atoms with Gasteiger partial charge in [0.05, 0.1) is 11.0 Å². The third kappa shape index (κ3) is 2.57. The molecule has 0 bridgehead atoms. The maximum atomic E-state index is 11.9. The molecule has 6 heteroatoms. The summed E-state index contributed by atoms with van der Waals surface area (Å²) in [5.41, 5.74) is 0.598. The van der Waals surface area contributed by atoms with E-state index >= 15 is 0 Å². The molecule has 0 aliphatic carbocycles. The molecule has 20 heavy (non-hydrogen) atoms. The summed E-state index contributed by atoms with van der Waals surface area (Å²) in [6.07, 6.45) is 2.00. The summed E-state index contributed by atoms with van der Waals surface area (Å²) in [7, 11) is 0. The highest BCUT2D eigenvalue weighted by atomic mass is 32.2. The standard InChI is InChI=1S/C14H14N2O3S/c17-10-5-6-16(8-10)14-15-13(19)12(20-14)7-9-3-1-2-4-11(9)18/h1-4,7,10,17-18H,5-6,8H2/b12-7-/t10-/m1/s1. The van der Waals surface area contributed by atoms with E-state index in [-0.39, 0.29) is 17.8 Å². The SMILES string of the molecule is O=C1N=C(N2CC[C@@H](O)C2)S/C1=C\c1ccccc1O. The summed E-state index contributed by atoms with van der Waals surface area (Å²) >= 11 is 1.29. The number of aliphatic imine (C=N–C) groups is 1. The van der Waals surface area contributed by atoms with Crippen LogP contribution in [0.25, 0.3) is 6.08 Å². The van der Waals surface area contributed by atoms with Crippen LogP contribution in [0.3, 0.4) is 0 Å². The topological polar surface area (TPSA) is 73.1 Å². The first-order chi connectivity index (χ1) is 9.63. The molecule has 5 nitrogen and oxygen atoms in total. The van der Waals surface area contributed by atoms with Gasteiger partial charge < -0.3 is 15.1 Å². The van der Waals surface area contributed by atoms with Gasteiger partial charge in [-0.25, -0.2) is 0 Å². The molecule has 0 aromatic heterocycles. The van der Waals surface area contributed by atoms with E-state index in [0.29, 0.717) is 35.1 Å². The normalized spacial score (nSPS) is 24.6. The van der Waals surface area contributed by atoms with Crippen molar-refractivity contribution >= 4 is 28.9 Å². The number of rotatable bonds is 1. The molecule has 1 fully saturated rings. The van der Waals surface area contributed by atoms with Gasteiger partial charge in [0.15, 0.2) is 5.17 Å². The Hall–Kier alpha value is -1.79. The number of benzene rings is 1. The highest BCUT2D eigenvalue weighted by molar-refractivity contribution is 8.18. The maximum Gasteiger partial charge on any atom is 0.286 e. The average molecular weight is 290 g/mol. The van der Waals surface area contributed by atoms with Crippen molar-refractivity contribution in [3.05, 3.63) is 34.7 Å². The van der Waals surface area contributed by atoms with Crippen LogP contribution in [0, 0.1) is 0 Å². The minimum absolute atomic E-state index is 0.137. The fourth-order valence-electron chi connectivity index (χ4n) is 2.20. The molecule has 0 unspecified atom stereocenters. The summed E-state index contributed by atoms with van der Waals surface area (Å²) in [4.78, 5) is 18.3. The van der Waals surface area contributed by atoms with Crippen molar-refractivity contribution in [2.24, 2.45) is 4.99 Å². The second-order valence-corrected chi connectivity index (χ2v) is 5.77. The molecular weight excluding hydrogens is 276 g/mol. The van der Waals surface area contributed by atoms with Gasteiger partial charge in [-0.15, -0.1) is 0 Å². The summed E-state index contributed by atoms with van der Waals surface area (Å²) in [5.74, 6) is -0.159. The Bertz CT molecular complexity index is 612. The highest BCUT2D eigenvalue weighted by Gasteiger charge is 2.30. The number of β-amino-alcohol motifs (C(OH)–C–C–N with tert-alkyl or cyclic N) is 1. The Balaban J connectivity index is 1.79. The van der Waals surface area contributed by atoms with Crippen LogP contribution in [0.2, 0.25) is 0 Å². The lowest BCUT2D eigenvalue weighted by Crippen LogP contribution is -2.26. The van der Waals surface area contributed by atoms with Gasteiger partial charge in [0.25, 0.3) is 5.91 Å². The van der Waals surface area contributed by atoms with Crippen LogP contribution in [0.15, 0.2) is 34.2 Å². The second-order valence-electron chi connectivity index (χ2n) is 4.76. The molecule has 1 aromatic rings. The monoisotopic (exact) mass is 290 g/mol. The molecule has 2 N–H and O–H groups in total. The first kappa shape index (κ1) is 13.2. The van der Waals surface area contributed by atoms with Crippen LogP contribution in [0.5, 0.6) is 5.75 Å². The van der Waals surface area contributed by atoms with Gasteiger partial charge in [0, 0.05) is 18.7 Å². The van der Waals surface area contributed by atoms with Crippen LogP contribution < -0.4 is 0 Å². The minimum atomic E-state index is -0.348. The van der Waals surface area contributed by atoms with Gasteiger partial charge in [-0.2, -0.15) is 4.99 Å². The number of aromatic hydroxyl groups is 1. The van der Waals surface area contributed by atoms with E-state index in [1.54, 1.807) is 30.3 Å². The van der Waals surface area contributed by atoms with Gasteiger partial charge in [0.1, 0.15) is 5.75 Å². The second kappa shape index (κ2) is 5.30. The fraction of sp³-hybridized carbons (Fsp3) is 0.286. The van der Waals surface area contributed by atoms with Gasteiger partial charge in [0.2, 0.25) is 0 Å². The van der Waals surface area contributed by atoms with E-state index in [4.69, 9.17) is 0 Å². The Morgan fingerprint density at radius 1 is 1.40 bits per heavy atom. The van der Waals surface area contributed by atoms with Gasteiger partial charge in [-0.3, -0.25) is 4.79 Å². The number of aliphatic hydroxyl groups is 1. The largest absolute Gasteiger partial charge is 0.507 e. The third-order valence-electron chi connectivity index (χ3n) is 3.27. The molecule has 0 saturated carbocycles. The number of thioether (sulfide) groups is 1. The third-order valence-corrected chi connectivity index (χ3v) is 4.31. The van der Waals surface area contributed by atoms with Gasteiger partial charge in [-0.05, 0) is 30.3 Å². The number of carbonyl (C=O) groups is 1. The average Bonchev–Trinajstić information content (AvgIpc) is 2.99. The Morgan fingerprint density at radius 2 is 2.20 bits per heavy atom. The number of para-hydroxylation sites is 1. The molecule has 1 saturated heterocycles. The summed E-state index contributed by atoms with van der Waals surface area (Å²) < 4.78 is 0. The van der Waals surface area contributed by atoms with E-state index in [9.17, 15) is 15.0 Å². The zero-order valence-corrected chi connectivity index (χ0v) is 11.5. The number of aliphatic hydroxyl groups excluding tert-OH is 1. The zero-order valence-electron chi connectivity index (χ0n) is 10.7. The summed E-state index contributed by atoms with van der Waals surface area (Å²) in [6.45, 7) is 1.23. The molecule has 2 aliphatic rings. The number of phenolic OH excluding ortho intramolecular Hbond substituents is 1. The minimum Gasteiger partial charge on any atom is -0.507 e. The van der Waals surface area contributed by atoms with Crippen molar-refractivity contribution in [3.8, 4) is 5.75 Å². The van der Waals surface area contributed by atoms with E-state index < -0.39 is 0 Å². The molecule has 1 atom stereocenters. The van der Waals surface area contributed by atoms with E-state index in [0.717, 1.165) is 0 Å². The van der Waals surface area contributed by atoms with E-state index in [1.165, 1.54) is 11.8 Å². The Labute approximate surface area is 120 Å². The highest BCUT2D eigenvalue weighted by Crippen LogP contribution is 2.33. The molecular formula is C14H14N2O3S. The lowest BCUT2D eigenvalue weighted by molar-refractivity contribution is -0.113. The summed E-state index contributed by atoms with van der Waals surface area (Å²) in [5, 5.41) is 19.9. The number of amides is 1. The number of nitrogens with zero attached hydrogens (tertiary/aromatic N) is 2. The van der Waals surface area contributed by atoms with Crippen molar-refractivity contribution in [1.29, 1.82) is 0 Å². The molecule has 3 rings (SSSR count). The Morgan fingerprint density at radius 3 is 2.90 bits per heavy atom. The number of hydrogen-bond donors (Lipinski definition) is 2. The van der Waals surface area contributed by atoms with Crippen LogP contribution in [0.4, 0.5) is 0 Å². The van der Waals surface area contributed by atoms with E-state index in [1.807, 2.05) is 4.90 Å². The van der Waals surface area contributed by atoms with Crippen molar-refractivity contribution in [1.82, 2.24) is 4.90 Å².